The van der Waals surface area contributed by atoms with Gasteiger partial charge < -0.3 is 19.5 Å². The number of amides is 1. The molecule has 1 aromatic rings. The standard InChI is InChI=1S/C17H21NO5/c1-22-13-6-5-11-8-12(10-23-15(11)9-13)16(19)18-7-3-2-4-14(18)17(20)21/h5-6,9,12,14H,2-4,7-8,10H2,1H3,(H,20,21)/t12-,14-/m1/s1. The number of likely N-dealkylation sites (tertiary alicyclic amines) is 1. The van der Waals surface area contributed by atoms with Crippen LogP contribution in [0.3, 0.4) is 0 Å². The minimum Gasteiger partial charge on any atom is -0.497 e. The Labute approximate surface area is 135 Å². The topological polar surface area (TPSA) is 76.1 Å². The van der Waals surface area contributed by atoms with Crippen LogP contribution in [0.2, 0.25) is 0 Å². The minimum absolute atomic E-state index is 0.112. The Kier molecular flexibility index (Phi) is 4.41. The van der Waals surface area contributed by atoms with Crippen molar-refractivity contribution in [1.82, 2.24) is 4.90 Å². The molecule has 23 heavy (non-hydrogen) atoms. The summed E-state index contributed by atoms with van der Waals surface area (Å²) in [6.45, 7) is 0.795. The molecule has 124 valence electrons. The molecule has 2 aliphatic heterocycles. The van der Waals surface area contributed by atoms with E-state index in [1.807, 2.05) is 18.2 Å². The van der Waals surface area contributed by atoms with E-state index in [9.17, 15) is 14.7 Å². The van der Waals surface area contributed by atoms with E-state index < -0.39 is 12.0 Å². The maximum atomic E-state index is 12.8. The smallest absolute Gasteiger partial charge is 0.326 e. The molecule has 1 aromatic carbocycles. The lowest BCUT2D eigenvalue weighted by molar-refractivity contribution is -0.154. The predicted octanol–water partition coefficient (Wildman–Crippen LogP) is 1.71. The van der Waals surface area contributed by atoms with Gasteiger partial charge in [-0.15, -0.1) is 0 Å². The number of methoxy groups -OCH3 is 1. The molecular weight excluding hydrogens is 298 g/mol. The van der Waals surface area contributed by atoms with Gasteiger partial charge in [0.15, 0.2) is 0 Å². The zero-order valence-electron chi connectivity index (χ0n) is 13.2. The first kappa shape index (κ1) is 15.6. The molecule has 2 atom stereocenters. The molecule has 2 aliphatic rings. The monoisotopic (exact) mass is 319 g/mol. The third-order valence-corrected chi connectivity index (χ3v) is 4.60. The second kappa shape index (κ2) is 6.48. The van der Waals surface area contributed by atoms with E-state index in [4.69, 9.17) is 9.47 Å². The van der Waals surface area contributed by atoms with Crippen LogP contribution in [0.15, 0.2) is 18.2 Å². The van der Waals surface area contributed by atoms with Crippen LogP contribution >= 0.6 is 0 Å². The molecule has 6 heteroatoms. The number of nitrogens with zero attached hydrogens (tertiary/aromatic N) is 1. The summed E-state index contributed by atoms with van der Waals surface area (Å²) in [6, 6.07) is 4.86. The van der Waals surface area contributed by atoms with Crippen molar-refractivity contribution < 1.29 is 24.2 Å². The summed E-state index contributed by atoms with van der Waals surface area (Å²) in [4.78, 5) is 25.7. The Bertz CT molecular complexity index is 615. The number of ether oxygens (including phenoxy) is 2. The highest BCUT2D eigenvalue weighted by Gasteiger charge is 2.37. The van der Waals surface area contributed by atoms with Crippen molar-refractivity contribution in [1.29, 1.82) is 0 Å². The molecule has 0 saturated carbocycles. The number of aliphatic carboxylic acids is 1. The Balaban J connectivity index is 1.74. The van der Waals surface area contributed by atoms with Crippen LogP contribution in [0.4, 0.5) is 0 Å². The largest absolute Gasteiger partial charge is 0.497 e. The zero-order chi connectivity index (χ0) is 16.4. The van der Waals surface area contributed by atoms with Gasteiger partial charge in [-0.2, -0.15) is 0 Å². The van der Waals surface area contributed by atoms with Gasteiger partial charge in [0.05, 0.1) is 13.0 Å². The third kappa shape index (κ3) is 3.11. The Hall–Kier alpha value is -2.24. The average molecular weight is 319 g/mol. The number of carbonyl (C=O) groups is 2. The number of hydrogen-bond acceptors (Lipinski definition) is 4. The number of carbonyl (C=O) groups excluding carboxylic acids is 1. The van der Waals surface area contributed by atoms with Gasteiger partial charge in [-0.1, -0.05) is 6.07 Å². The van der Waals surface area contributed by atoms with E-state index in [2.05, 4.69) is 0 Å². The van der Waals surface area contributed by atoms with Crippen molar-refractivity contribution in [2.24, 2.45) is 5.92 Å². The van der Waals surface area contributed by atoms with E-state index in [1.165, 1.54) is 4.90 Å². The van der Waals surface area contributed by atoms with Crippen molar-refractivity contribution in [2.45, 2.75) is 31.7 Å². The van der Waals surface area contributed by atoms with Crippen molar-refractivity contribution in [3.05, 3.63) is 23.8 Å². The molecule has 1 amide bonds. The second-order valence-electron chi connectivity index (χ2n) is 6.07. The number of rotatable bonds is 3. The summed E-state index contributed by atoms with van der Waals surface area (Å²) in [5, 5.41) is 9.33. The first-order valence-electron chi connectivity index (χ1n) is 7.93. The summed E-state index contributed by atoms with van der Waals surface area (Å²) in [6.07, 6.45) is 2.81. The van der Waals surface area contributed by atoms with Crippen LogP contribution < -0.4 is 9.47 Å². The molecule has 0 aromatic heterocycles. The number of hydrogen-bond donors (Lipinski definition) is 1. The molecule has 0 bridgehead atoms. The predicted molar refractivity (Wildman–Crippen MR) is 82.7 cm³/mol. The van der Waals surface area contributed by atoms with Crippen molar-refractivity contribution in [2.75, 3.05) is 20.3 Å². The summed E-state index contributed by atoms with van der Waals surface area (Å²) < 4.78 is 10.9. The molecule has 0 radical (unpaired) electrons. The third-order valence-electron chi connectivity index (χ3n) is 4.60. The minimum atomic E-state index is -0.917. The molecule has 6 nitrogen and oxygen atoms in total. The first-order chi connectivity index (χ1) is 11.1. The van der Waals surface area contributed by atoms with Gasteiger partial charge >= 0.3 is 5.97 Å². The summed E-state index contributed by atoms with van der Waals surface area (Å²) >= 11 is 0. The summed E-state index contributed by atoms with van der Waals surface area (Å²) in [5.74, 6) is 0.103. The fourth-order valence-electron chi connectivity index (χ4n) is 3.32. The zero-order valence-corrected chi connectivity index (χ0v) is 13.2. The summed E-state index contributed by atoms with van der Waals surface area (Å²) in [7, 11) is 1.60. The van der Waals surface area contributed by atoms with Crippen molar-refractivity contribution >= 4 is 11.9 Å². The van der Waals surface area contributed by atoms with Crippen LogP contribution in [0, 0.1) is 5.92 Å². The molecule has 1 N–H and O–H groups in total. The lowest BCUT2D eigenvalue weighted by Crippen LogP contribution is -2.51. The Morgan fingerprint density at radius 1 is 1.35 bits per heavy atom. The number of fused-ring (bicyclic) bond motifs is 1. The van der Waals surface area contributed by atoms with Gasteiger partial charge in [-0.05, 0) is 37.3 Å². The molecule has 1 fully saturated rings. The highest BCUT2D eigenvalue weighted by molar-refractivity contribution is 5.85. The van der Waals surface area contributed by atoms with Crippen LogP contribution in [0.5, 0.6) is 11.5 Å². The fraction of sp³-hybridized carbons (Fsp3) is 0.529. The summed E-state index contributed by atoms with van der Waals surface area (Å²) in [5.41, 5.74) is 0.958. The lowest BCUT2D eigenvalue weighted by atomic mass is 9.93. The van der Waals surface area contributed by atoms with E-state index in [0.29, 0.717) is 19.4 Å². The molecule has 1 saturated heterocycles. The highest BCUT2D eigenvalue weighted by atomic mass is 16.5. The van der Waals surface area contributed by atoms with E-state index in [-0.39, 0.29) is 18.4 Å². The normalized spacial score (nSPS) is 23.6. The van der Waals surface area contributed by atoms with E-state index in [0.717, 1.165) is 29.9 Å². The van der Waals surface area contributed by atoms with Gasteiger partial charge in [-0.3, -0.25) is 4.79 Å². The highest BCUT2D eigenvalue weighted by Crippen LogP contribution is 2.32. The van der Waals surface area contributed by atoms with Gasteiger partial charge in [0, 0.05) is 12.6 Å². The number of benzene rings is 1. The first-order valence-corrected chi connectivity index (χ1v) is 7.93. The van der Waals surface area contributed by atoms with Crippen LogP contribution in [0.1, 0.15) is 24.8 Å². The molecule has 0 spiro atoms. The quantitative estimate of drug-likeness (QED) is 0.918. The molecule has 2 heterocycles. The SMILES string of the molecule is COc1ccc2c(c1)OC[C@H](C(=O)N1CCCC[C@@H]1C(=O)O)C2. The molecule has 3 rings (SSSR count). The maximum absolute atomic E-state index is 12.8. The molecule has 0 unspecified atom stereocenters. The van der Waals surface area contributed by atoms with Gasteiger partial charge in [-0.25, -0.2) is 4.79 Å². The average Bonchev–Trinajstić information content (AvgIpc) is 2.60. The van der Waals surface area contributed by atoms with Crippen LogP contribution in [-0.2, 0) is 16.0 Å². The van der Waals surface area contributed by atoms with Crippen LogP contribution in [0.25, 0.3) is 0 Å². The van der Waals surface area contributed by atoms with Gasteiger partial charge in [0.25, 0.3) is 0 Å². The van der Waals surface area contributed by atoms with Crippen molar-refractivity contribution in [3.63, 3.8) is 0 Å². The Morgan fingerprint density at radius 2 is 2.17 bits per heavy atom. The number of piperidine rings is 1. The maximum Gasteiger partial charge on any atom is 0.326 e. The van der Waals surface area contributed by atoms with Crippen molar-refractivity contribution in [3.8, 4) is 11.5 Å². The van der Waals surface area contributed by atoms with Gasteiger partial charge in [0.1, 0.15) is 24.1 Å². The van der Waals surface area contributed by atoms with E-state index in [1.54, 1.807) is 7.11 Å². The number of carboxylic acids is 1. The van der Waals surface area contributed by atoms with Crippen LogP contribution in [-0.4, -0.2) is 48.2 Å². The van der Waals surface area contributed by atoms with E-state index >= 15 is 0 Å². The number of carboxylic acid groups (broad SMARTS) is 1. The molecule has 0 aliphatic carbocycles. The Morgan fingerprint density at radius 3 is 2.91 bits per heavy atom. The second-order valence-corrected chi connectivity index (χ2v) is 6.07. The lowest BCUT2D eigenvalue weighted by Gasteiger charge is -2.36. The fourth-order valence-corrected chi connectivity index (χ4v) is 3.32. The molecular formula is C17H21NO5. The van der Waals surface area contributed by atoms with Gasteiger partial charge in [0.2, 0.25) is 5.91 Å².